The van der Waals surface area contributed by atoms with E-state index in [4.69, 9.17) is 21.1 Å². The van der Waals surface area contributed by atoms with Crippen LogP contribution in [0.2, 0.25) is 5.02 Å². The molecule has 1 N–H and O–H groups in total. The zero-order chi connectivity index (χ0) is 27.5. The van der Waals surface area contributed by atoms with Gasteiger partial charge in [0, 0.05) is 18.5 Å². The number of hydrogen-bond donors (Lipinski definition) is 1. The Morgan fingerprint density at radius 2 is 1.66 bits per heavy atom. The number of methoxy groups -OCH3 is 1. The van der Waals surface area contributed by atoms with Gasteiger partial charge in [-0.05, 0) is 41.3 Å². The van der Waals surface area contributed by atoms with Crippen LogP contribution in [0.15, 0.2) is 65.8 Å². The lowest BCUT2D eigenvalue weighted by atomic mass is 9.87. The summed E-state index contributed by atoms with van der Waals surface area (Å²) >= 11 is 6.29. The summed E-state index contributed by atoms with van der Waals surface area (Å²) in [5, 5.41) is 0.185. The lowest BCUT2D eigenvalue weighted by molar-refractivity contribution is 0.111. The summed E-state index contributed by atoms with van der Waals surface area (Å²) in [7, 11) is -2.71. The summed E-state index contributed by atoms with van der Waals surface area (Å²) in [5.74, 6) is -0.0491. The van der Waals surface area contributed by atoms with Crippen LogP contribution in [0, 0.1) is 0 Å². The van der Waals surface area contributed by atoms with Gasteiger partial charge < -0.3 is 9.47 Å². The minimum atomic E-state index is -4.17. The highest BCUT2D eigenvalue weighted by Gasteiger charge is 2.25. The minimum Gasteiger partial charge on any atom is -0.497 e. The van der Waals surface area contributed by atoms with Gasteiger partial charge in [0.1, 0.15) is 11.5 Å². The maximum absolute atomic E-state index is 13.4. The third-order valence-electron chi connectivity index (χ3n) is 5.38. The Bertz CT molecular complexity index is 1570. The lowest BCUT2D eigenvalue weighted by Crippen LogP contribution is -2.17. The molecule has 38 heavy (non-hydrogen) atoms. The fourth-order valence-electron chi connectivity index (χ4n) is 3.35. The molecule has 2 aromatic carbocycles. The number of halogens is 1. The van der Waals surface area contributed by atoms with Gasteiger partial charge in [-0.3, -0.25) is 9.52 Å². The average molecular weight is 554 g/mol. The van der Waals surface area contributed by atoms with Crippen LogP contribution in [-0.2, 0) is 15.4 Å². The van der Waals surface area contributed by atoms with Gasteiger partial charge in [-0.2, -0.15) is 0 Å². The molecule has 196 valence electrons. The predicted molar refractivity (Wildman–Crippen MR) is 142 cm³/mol. The number of hydrogen-bond acceptors (Lipinski definition) is 9. The van der Waals surface area contributed by atoms with Gasteiger partial charge in [-0.1, -0.05) is 44.5 Å². The van der Waals surface area contributed by atoms with Crippen LogP contribution in [0.3, 0.4) is 0 Å². The van der Waals surface area contributed by atoms with Gasteiger partial charge in [0.2, 0.25) is 5.82 Å². The largest absolute Gasteiger partial charge is 0.497 e. The second-order valence-corrected chi connectivity index (χ2v) is 11.2. The van der Waals surface area contributed by atoms with E-state index in [-0.39, 0.29) is 50.0 Å². The van der Waals surface area contributed by atoms with Crippen molar-refractivity contribution in [3.05, 3.63) is 77.2 Å². The molecule has 4 aromatic rings. The van der Waals surface area contributed by atoms with Gasteiger partial charge in [0.25, 0.3) is 10.0 Å². The molecule has 0 radical (unpaired) electrons. The van der Waals surface area contributed by atoms with Crippen molar-refractivity contribution in [1.82, 2.24) is 19.9 Å². The SMILES string of the molecule is COc1ccc(Cl)c(Oc2c(C=O)nc(-c3ncccn3)nc2NS(=O)(=O)c2ccc(C(C)(C)C)cc2)c1. The van der Waals surface area contributed by atoms with Gasteiger partial charge in [0.15, 0.2) is 29.4 Å². The second-order valence-electron chi connectivity index (χ2n) is 9.08. The van der Waals surface area contributed by atoms with Crippen LogP contribution in [0.5, 0.6) is 17.2 Å². The van der Waals surface area contributed by atoms with Crippen molar-refractivity contribution in [2.45, 2.75) is 31.1 Å². The first-order chi connectivity index (χ1) is 18.0. The van der Waals surface area contributed by atoms with Crippen LogP contribution in [0.4, 0.5) is 5.82 Å². The highest BCUT2D eigenvalue weighted by molar-refractivity contribution is 7.92. The first kappa shape index (κ1) is 27.0. The molecule has 4 rings (SSSR count). The summed E-state index contributed by atoms with van der Waals surface area (Å²) in [6.07, 6.45) is 3.34. The number of benzene rings is 2. The van der Waals surface area contributed by atoms with E-state index < -0.39 is 10.0 Å². The maximum atomic E-state index is 13.4. The molecule has 0 saturated heterocycles. The zero-order valence-corrected chi connectivity index (χ0v) is 22.5. The molecule has 0 bridgehead atoms. The molecule has 0 aliphatic carbocycles. The van der Waals surface area contributed by atoms with E-state index in [0.29, 0.717) is 12.0 Å². The van der Waals surface area contributed by atoms with Crippen molar-refractivity contribution in [3.8, 4) is 28.9 Å². The molecule has 0 saturated carbocycles. The third kappa shape index (κ3) is 5.90. The first-order valence-corrected chi connectivity index (χ1v) is 13.2. The fourth-order valence-corrected chi connectivity index (χ4v) is 4.51. The number of anilines is 1. The summed E-state index contributed by atoms with van der Waals surface area (Å²) in [5.41, 5.74) is 0.548. The quantitative estimate of drug-likeness (QED) is 0.288. The van der Waals surface area contributed by atoms with Gasteiger partial charge >= 0.3 is 0 Å². The van der Waals surface area contributed by atoms with Crippen LogP contribution in [0.1, 0.15) is 36.8 Å². The Labute approximate surface area is 225 Å². The van der Waals surface area contributed by atoms with Crippen molar-refractivity contribution in [2.75, 3.05) is 11.8 Å². The number of aromatic nitrogens is 4. The summed E-state index contributed by atoms with van der Waals surface area (Å²) in [6.45, 7) is 6.07. The molecule has 0 aliphatic rings. The number of rotatable bonds is 8. The monoisotopic (exact) mass is 553 g/mol. The predicted octanol–water partition coefficient (Wildman–Crippen LogP) is 5.30. The molecule has 0 atom stereocenters. The molecule has 2 heterocycles. The van der Waals surface area contributed by atoms with E-state index in [9.17, 15) is 13.2 Å². The molecular weight excluding hydrogens is 530 g/mol. The molecule has 2 aromatic heterocycles. The number of ether oxygens (including phenoxy) is 2. The topological polar surface area (TPSA) is 133 Å². The summed E-state index contributed by atoms with van der Waals surface area (Å²) < 4.78 is 40.3. The number of nitrogens with zero attached hydrogens (tertiary/aromatic N) is 4. The van der Waals surface area contributed by atoms with Crippen molar-refractivity contribution in [1.29, 1.82) is 0 Å². The van der Waals surface area contributed by atoms with Crippen LogP contribution in [0.25, 0.3) is 11.6 Å². The number of carbonyl (C=O) groups is 1. The first-order valence-electron chi connectivity index (χ1n) is 11.3. The number of aldehydes is 1. The van der Waals surface area contributed by atoms with Crippen molar-refractivity contribution in [3.63, 3.8) is 0 Å². The smallest absolute Gasteiger partial charge is 0.263 e. The maximum Gasteiger partial charge on any atom is 0.263 e. The zero-order valence-electron chi connectivity index (χ0n) is 21.0. The fraction of sp³-hybridized carbons (Fsp3) is 0.192. The van der Waals surface area contributed by atoms with E-state index in [1.165, 1.54) is 43.8 Å². The van der Waals surface area contributed by atoms with Crippen molar-refractivity contribution in [2.24, 2.45) is 0 Å². The molecule has 0 fully saturated rings. The normalized spacial score (nSPS) is 11.6. The Morgan fingerprint density at radius 1 is 0.974 bits per heavy atom. The van der Waals surface area contributed by atoms with E-state index in [2.05, 4.69) is 24.7 Å². The molecular formula is C26H24ClN5O5S. The summed E-state index contributed by atoms with van der Waals surface area (Å²) in [6, 6.07) is 12.7. The van der Waals surface area contributed by atoms with Gasteiger partial charge in [0.05, 0.1) is 17.0 Å². The third-order valence-corrected chi connectivity index (χ3v) is 7.05. The van der Waals surface area contributed by atoms with Crippen LogP contribution < -0.4 is 14.2 Å². The number of sulfonamides is 1. The number of carbonyl (C=O) groups excluding carboxylic acids is 1. The number of nitrogens with one attached hydrogen (secondary N) is 1. The molecule has 0 amide bonds. The van der Waals surface area contributed by atoms with Crippen molar-refractivity contribution >= 4 is 33.7 Å². The molecule has 10 nitrogen and oxygen atoms in total. The van der Waals surface area contributed by atoms with Gasteiger partial charge in [-0.25, -0.2) is 28.4 Å². The van der Waals surface area contributed by atoms with E-state index in [0.717, 1.165) is 5.56 Å². The lowest BCUT2D eigenvalue weighted by Gasteiger charge is -2.19. The Balaban J connectivity index is 1.84. The van der Waals surface area contributed by atoms with Crippen LogP contribution >= 0.6 is 11.6 Å². The molecule has 0 unspecified atom stereocenters. The van der Waals surface area contributed by atoms with E-state index >= 15 is 0 Å². The molecule has 12 heteroatoms. The average Bonchev–Trinajstić information content (AvgIpc) is 2.90. The van der Waals surface area contributed by atoms with Gasteiger partial charge in [-0.15, -0.1) is 0 Å². The summed E-state index contributed by atoms with van der Waals surface area (Å²) in [4.78, 5) is 28.8. The standard InChI is InChI=1S/C26H24ClN5O5S/c1-26(2,3)16-6-9-18(10-7-16)38(34,35)32-23-22(37-21-14-17(36-4)8-11-19(21)27)20(15-33)30-25(31-23)24-28-12-5-13-29-24/h5-15H,1-4H3,(H,30,31,32). The Morgan fingerprint density at radius 3 is 2.26 bits per heavy atom. The van der Waals surface area contributed by atoms with E-state index in [1.54, 1.807) is 24.3 Å². The van der Waals surface area contributed by atoms with Crippen molar-refractivity contribution < 1.29 is 22.7 Å². The second kappa shape index (κ2) is 10.7. The Hall–Kier alpha value is -4.09. The van der Waals surface area contributed by atoms with E-state index in [1.807, 2.05) is 20.8 Å². The molecule has 0 spiro atoms. The highest BCUT2D eigenvalue weighted by Crippen LogP contribution is 2.38. The Kier molecular flexibility index (Phi) is 7.61. The highest BCUT2D eigenvalue weighted by atomic mass is 35.5. The molecule has 0 aliphatic heterocycles. The van der Waals surface area contributed by atoms with Crippen LogP contribution in [-0.4, -0.2) is 41.7 Å². The minimum absolute atomic E-state index is 0.0142.